The van der Waals surface area contributed by atoms with Gasteiger partial charge in [0.25, 0.3) is 0 Å². The molecule has 5 heteroatoms. The van der Waals surface area contributed by atoms with Crippen LogP contribution in [0, 0.1) is 12.7 Å². The highest BCUT2D eigenvalue weighted by Gasteiger charge is 2.05. The summed E-state index contributed by atoms with van der Waals surface area (Å²) in [6.07, 6.45) is 0.991. The number of aromatic nitrogens is 1. The summed E-state index contributed by atoms with van der Waals surface area (Å²) < 4.78 is 13.0. The van der Waals surface area contributed by atoms with Gasteiger partial charge in [0.1, 0.15) is 5.82 Å². The van der Waals surface area contributed by atoms with Crippen LogP contribution >= 0.6 is 11.3 Å². The van der Waals surface area contributed by atoms with E-state index in [1.807, 2.05) is 6.92 Å². The summed E-state index contributed by atoms with van der Waals surface area (Å²) in [7, 11) is 0. The van der Waals surface area contributed by atoms with Crippen LogP contribution in [-0.4, -0.2) is 17.4 Å². The molecule has 1 aromatic heterocycles. The van der Waals surface area contributed by atoms with Gasteiger partial charge in [-0.2, -0.15) is 0 Å². The van der Waals surface area contributed by atoms with Gasteiger partial charge in [0.15, 0.2) is 0 Å². The van der Waals surface area contributed by atoms with Gasteiger partial charge >= 0.3 is 0 Å². The molecule has 0 aliphatic carbocycles. The monoisotopic (exact) mass is 278 g/mol. The fourth-order valence-corrected chi connectivity index (χ4v) is 2.56. The Bertz CT molecular complexity index is 568. The smallest absolute Gasteiger partial charge is 0.224 e. The first-order valence-corrected chi connectivity index (χ1v) is 6.93. The van der Waals surface area contributed by atoms with Crippen molar-refractivity contribution in [3.63, 3.8) is 0 Å². The molecule has 0 radical (unpaired) electrons. The van der Waals surface area contributed by atoms with E-state index in [0.29, 0.717) is 12.1 Å². The van der Waals surface area contributed by atoms with E-state index in [-0.39, 0.29) is 18.1 Å². The molecule has 0 saturated heterocycles. The summed E-state index contributed by atoms with van der Waals surface area (Å²) in [4.78, 5) is 17.0. The van der Waals surface area contributed by atoms with Gasteiger partial charge in [-0.05, 0) is 24.6 Å². The van der Waals surface area contributed by atoms with Crippen LogP contribution in [0.25, 0.3) is 0 Å². The van der Waals surface area contributed by atoms with Crippen molar-refractivity contribution in [3.05, 3.63) is 51.7 Å². The predicted octanol–water partition coefficient (Wildman–Crippen LogP) is 2.49. The summed E-state index contributed by atoms with van der Waals surface area (Å²) in [6, 6.07) is 6.11. The Kier molecular flexibility index (Phi) is 4.63. The van der Waals surface area contributed by atoms with Gasteiger partial charge in [-0.15, -0.1) is 11.3 Å². The van der Waals surface area contributed by atoms with Crippen LogP contribution in [0.1, 0.15) is 16.1 Å². The third kappa shape index (κ3) is 4.13. The average molecular weight is 278 g/mol. The molecule has 2 rings (SSSR count). The Morgan fingerprint density at radius 2 is 2.32 bits per heavy atom. The summed E-state index contributed by atoms with van der Waals surface area (Å²) >= 11 is 1.60. The molecular weight excluding hydrogens is 263 g/mol. The molecule has 0 fully saturated rings. The number of carbonyl (C=O) groups is 1. The number of nitrogens with one attached hydrogen (secondary N) is 1. The molecule has 1 heterocycles. The Hall–Kier alpha value is -1.75. The number of benzene rings is 1. The van der Waals surface area contributed by atoms with E-state index < -0.39 is 0 Å². The van der Waals surface area contributed by atoms with Crippen LogP contribution < -0.4 is 5.32 Å². The second-order valence-electron chi connectivity index (χ2n) is 4.27. The average Bonchev–Trinajstić information content (AvgIpc) is 2.75. The van der Waals surface area contributed by atoms with Crippen molar-refractivity contribution in [2.45, 2.75) is 19.8 Å². The molecule has 2 aromatic rings. The van der Waals surface area contributed by atoms with Crippen LogP contribution in [-0.2, 0) is 17.6 Å². The van der Waals surface area contributed by atoms with E-state index >= 15 is 0 Å². The van der Waals surface area contributed by atoms with E-state index in [1.165, 1.54) is 17.0 Å². The summed E-state index contributed by atoms with van der Waals surface area (Å²) in [5.41, 5.74) is 3.51. The zero-order valence-corrected chi connectivity index (χ0v) is 11.5. The van der Waals surface area contributed by atoms with Gasteiger partial charge in [0, 0.05) is 17.8 Å². The third-order valence-corrected chi connectivity index (χ3v) is 3.77. The van der Waals surface area contributed by atoms with Crippen molar-refractivity contribution in [2.24, 2.45) is 0 Å². The largest absolute Gasteiger partial charge is 0.355 e. The number of hydrogen-bond donors (Lipinski definition) is 1. The van der Waals surface area contributed by atoms with Gasteiger partial charge in [-0.25, -0.2) is 9.37 Å². The molecule has 0 aliphatic rings. The molecule has 3 nitrogen and oxygen atoms in total. The lowest BCUT2D eigenvalue weighted by atomic mass is 10.1. The molecule has 100 valence electrons. The first kappa shape index (κ1) is 13.7. The van der Waals surface area contributed by atoms with Crippen LogP contribution in [0.15, 0.2) is 29.8 Å². The number of aryl methyl sites for hydroxylation is 1. The highest BCUT2D eigenvalue weighted by molar-refractivity contribution is 7.09. The maximum atomic E-state index is 13.0. The van der Waals surface area contributed by atoms with Crippen molar-refractivity contribution in [1.29, 1.82) is 0 Å². The van der Waals surface area contributed by atoms with Gasteiger partial charge in [0.2, 0.25) is 5.91 Å². The number of rotatable bonds is 5. The Balaban J connectivity index is 1.77. The minimum atomic E-state index is -0.314. The first-order valence-electron chi connectivity index (χ1n) is 6.05. The van der Waals surface area contributed by atoms with Crippen molar-refractivity contribution < 1.29 is 9.18 Å². The zero-order valence-electron chi connectivity index (χ0n) is 10.6. The molecule has 0 bridgehead atoms. The molecule has 0 unspecified atom stereocenters. The van der Waals surface area contributed by atoms with Gasteiger partial charge in [0.05, 0.1) is 17.6 Å². The van der Waals surface area contributed by atoms with E-state index in [0.717, 1.165) is 12.1 Å². The molecular formula is C14H15FN2OS. The van der Waals surface area contributed by atoms with Gasteiger partial charge < -0.3 is 5.32 Å². The van der Waals surface area contributed by atoms with Crippen LogP contribution in [0.3, 0.4) is 0 Å². The van der Waals surface area contributed by atoms with Crippen molar-refractivity contribution in [3.8, 4) is 0 Å². The molecule has 1 amide bonds. The Morgan fingerprint density at radius 1 is 1.47 bits per heavy atom. The third-order valence-electron chi connectivity index (χ3n) is 2.77. The van der Waals surface area contributed by atoms with Crippen LogP contribution in [0.4, 0.5) is 4.39 Å². The predicted molar refractivity (Wildman–Crippen MR) is 73.7 cm³/mol. The van der Waals surface area contributed by atoms with Gasteiger partial charge in [-0.1, -0.05) is 12.1 Å². The highest BCUT2D eigenvalue weighted by Crippen LogP contribution is 2.12. The molecule has 0 saturated carbocycles. The standard InChI is InChI=1S/C14H15FN2OS/c1-10-13(19-9-17-10)5-6-16-14(18)8-11-3-2-4-12(15)7-11/h2-4,7,9H,5-6,8H2,1H3,(H,16,18). The Morgan fingerprint density at radius 3 is 3.00 bits per heavy atom. The lowest BCUT2D eigenvalue weighted by Gasteiger charge is -2.05. The maximum absolute atomic E-state index is 13.0. The lowest BCUT2D eigenvalue weighted by Crippen LogP contribution is -2.27. The fraction of sp³-hybridized carbons (Fsp3) is 0.286. The minimum absolute atomic E-state index is 0.0900. The summed E-state index contributed by atoms with van der Waals surface area (Å²) in [6.45, 7) is 2.54. The minimum Gasteiger partial charge on any atom is -0.355 e. The van der Waals surface area contributed by atoms with Crippen LogP contribution in [0.2, 0.25) is 0 Å². The number of hydrogen-bond acceptors (Lipinski definition) is 3. The highest BCUT2D eigenvalue weighted by atomic mass is 32.1. The van der Waals surface area contributed by atoms with Crippen molar-refractivity contribution in [1.82, 2.24) is 10.3 Å². The fourth-order valence-electron chi connectivity index (χ4n) is 1.78. The topological polar surface area (TPSA) is 42.0 Å². The van der Waals surface area contributed by atoms with Crippen molar-refractivity contribution in [2.75, 3.05) is 6.54 Å². The number of carbonyl (C=O) groups excluding carboxylic acids is 1. The van der Waals surface area contributed by atoms with Gasteiger partial charge in [-0.3, -0.25) is 4.79 Å². The lowest BCUT2D eigenvalue weighted by molar-refractivity contribution is -0.120. The quantitative estimate of drug-likeness (QED) is 0.913. The molecule has 19 heavy (non-hydrogen) atoms. The molecule has 0 spiro atoms. The second kappa shape index (κ2) is 6.43. The van der Waals surface area contributed by atoms with Crippen LogP contribution in [0.5, 0.6) is 0 Å². The summed E-state index contributed by atoms with van der Waals surface area (Å²) in [5.74, 6) is -0.404. The normalized spacial score (nSPS) is 10.4. The first-order chi connectivity index (χ1) is 9.15. The van der Waals surface area contributed by atoms with E-state index in [4.69, 9.17) is 0 Å². The Labute approximate surface area is 115 Å². The van der Waals surface area contributed by atoms with E-state index in [1.54, 1.807) is 29.0 Å². The zero-order chi connectivity index (χ0) is 13.7. The second-order valence-corrected chi connectivity index (χ2v) is 5.21. The molecule has 0 aliphatic heterocycles. The summed E-state index contributed by atoms with van der Waals surface area (Å²) in [5, 5.41) is 2.83. The number of nitrogens with zero attached hydrogens (tertiary/aromatic N) is 1. The number of halogens is 1. The molecule has 0 atom stereocenters. The number of amides is 1. The molecule has 1 aromatic carbocycles. The van der Waals surface area contributed by atoms with E-state index in [9.17, 15) is 9.18 Å². The number of thiazole rings is 1. The maximum Gasteiger partial charge on any atom is 0.224 e. The van der Waals surface area contributed by atoms with Crippen molar-refractivity contribution >= 4 is 17.2 Å². The SMILES string of the molecule is Cc1ncsc1CCNC(=O)Cc1cccc(F)c1. The van der Waals surface area contributed by atoms with E-state index in [2.05, 4.69) is 10.3 Å². The molecule has 1 N–H and O–H groups in total.